The fraction of sp³-hybridized carbons (Fsp3) is 0.250. The van der Waals surface area contributed by atoms with Crippen LogP contribution in [0.25, 0.3) is 33.0 Å². The third-order valence-electron chi connectivity index (χ3n) is 5.66. The van der Waals surface area contributed by atoms with Crippen LogP contribution in [0, 0.1) is 6.92 Å². The molecule has 1 aromatic carbocycles. The Bertz CT molecular complexity index is 1450. The van der Waals surface area contributed by atoms with E-state index in [1.165, 1.54) is 7.11 Å². The number of ether oxygens (including phenoxy) is 1. The molecule has 0 aliphatic carbocycles. The minimum absolute atomic E-state index is 0.290. The van der Waals surface area contributed by atoms with E-state index in [1.807, 2.05) is 12.3 Å². The topological polar surface area (TPSA) is 111 Å². The number of pyridine rings is 1. The van der Waals surface area contributed by atoms with Gasteiger partial charge in [-0.25, -0.2) is 14.8 Å². The SMILES string of the molecule is CCCc1nc2c(C)cc(C(=O)OC)nc2n1Cc1ccc(-c2ccsc2-c2nn[nH]n2)cc1. The van der Waals surface area contributed by atoms with Crippen LogP contribution in [0.3, 0.4) is 0 Å². The highest BCUT2D eigenvalue weighted by molar-refractivity contribution is 7.14. The number of benzene rings is 1. The van der Waals surface area contributed by atoms with Gasteiger partial charge in [0.1, 0.15) is 11.3 Å². The molecule has 9 nitrogen and oxygen atoms in total. The van der Waals surface area contributed by atoms with Gasteiger partial charge in [-0.15, -0.1) is 21.5 Å². The first-order valence-corrected chi connectivity index (χ1v) is 11.8. The number of carbonyl (C=O) groups is 1. The molecule has 10 heteroatoms. The van der Waals surface area contributed by atoms with Gasteiger partial charge in [-0.1, -0.05) is 31.2 Å². The summed E-state index contributed by atoms with van der Waals surface area (Å²) in [4.78, 5) is 22.6. The molecule has 0 saturated heterocycles. The molecule has 0 fully saturated rings. The largest absolute Gasteiger partial charge is 0.464 e. The molecule has 0 spiro atoms. The molecule has 5 rings (SSSR count). The summed E-state index contributed by atoms with van der Waals surface area (Å²) in [5.41, 5.74) is 5.97. The number of hydrogen-bond donors (Lipinski definition) is 1. The average molecular weight is 474 g/mol. The van der Waals surface area contributed by atoms with E-state index in [0.29, 0.717) is 23.7 Å². The number of hydrogen-bond acceptors (Lipinski definition) is 8. The molecule has 5 aromatic rings. The third-order valence-corrected chi connectivity index (χ3v) is 6.57. The molecule has 0 aliphatic heterocycles. The molecular formula is C24H23N7O2S. The minimum Gasteiger partial charge on any atom is -0.464 e. The molecule has 0 bridgehead atoms. The van der Waals surface area contributed by atoms with Crippen molar-refractivity contribution in [3.05, 3.63) is 64.4 Å². The molecular weight excluding hydrogens is 450 g/mol. The highest BCUT2D eigenvalue weighted by atomic mass is 32.1. The maximum Gasteiger partial charge on any atom is 0.356 e. The van der Waals surface area contributed by atoms with Gasteiger partial charge in [-0.05, 0) is 52.8 Å². The Balaban J connectivity index is 1.51. The summed E-state index contributed by atoms with van der Waals surface area (Å²) >= 11 is 1.58. The van der Waals surface area contributed by atoms with Crippen LogP contribution in [-0.2, 0) is 17.7 Å². The third kappa shape index (κ3) is 3.96. The van der Waals surface area contributed by atoms with Crippen LogP contribution >= 0.6 is 11.3 Å². The summed E-state index contributed by atoms with van der Waals surface area (Å²) in [6.45, 7) is 4.67. The Morgan fingerprint density at radius 2 is 2.00 bits per heavy atom. The number of aromatic amines is 1. The lowest BCUT2D eigenvalue weighted by atomic mass is 10.0. The van der Waals surface area contributed by atoms with Gasteiger partial charge in [-0.3, -0.25) is 0 Å². The predicted molar refractivity (Wildman–Crippen MR) is 130 cm³/mol. The Morgan fingerprint density at radius 1 is 1.18 bits per heavy atom. The Hall–Kier alpha value is -3.92. The molecule has 0 radical (unpaired) electrons. The van der Waals surface area contributed by atoms with Crippen molar-refractivity contribution >= 4 is 28.5 Å². The van der Waals surface area contributed by atoms with E-state index in [4.69, 9.17) is 9.72 Å². The van der Waals surface area contributed by atoms with E-state index in [2.05, 4.69) is 67.4 Å². The van der Waals surface area contributed by atoms with Crippen LogP contribution in [0.1, 0.15) is 40.8 Å². The molecule has 0 amide bonds. The van der Waals surface area contributed by atoms with Crippen LogP contribution < -0.4 is 0 Å². The summed E-state index contributed by atoms with van der Waals surface area (Å²) in [5, 5.41) is 16.4. The van der Waals surface area contributed by atoms with Crippen LogP contribution in [0.5, 0.6) is 0 Å². The first kappa shape index (κ1) is 21.9. The maximum absolute atomic E-state index is 12.1. The van der Waals surface area contributed by atoms with E-state index < -0.39 is 5.97 Å². The Labute approximate surface area is 199 Å². The highest BCUT2D eigenvalue weighted by Crippen LogP contribution is 2.34. The second kappa shape index (κ2) is 9.14. The molecule has 0 atom stereocenters. The molecule has 0 aliphatic rings. The van der Waals surface area contributed by atoms with Gasteiger partial charge in [0.15, 0.2) is 11.3 Å². The zero-order valence-electron chi connectivity index (χ0n) is 19.1. The zero-order chi connectivity index (χ0) is 23.7. The number of aryl methyl sites for hydroxylation is 2. The number of rotatable bonds is 7. The number of H-pyrrole nitrogens is 1. The fourth-order valence-corrected chi connectivity index (χ4v) is 4.86. The first-order valence-electron chi connectivity index (χ1n) is 10.9. The van der Waals surface area contributed by atoms with E-state index in [9.17, 15) is 4.79 Å². The Kier molecular flexibility index (Phi) is 5.89. The molecule has 34 heavy (non-hydrogen) atoms. The lowest BCUT2D eigenvalue weighted by Crippen LogP contribution is -2.09. The number of imidazole rings is 1. The summed E-state index contributed by atoms with van der Waals surface area (Å²) in [5.74, 6) is 1.09. The predicted octanol–water partition coefficient (Wildman–Crippen LogP) is 4.44. The number of nitrogens with one attached hydrogen (secondary N) is 1. The smallest absolute Gasteiger partial charge is 0.356 e. The summed E-state index contributed by atoms with van der Waals surface area (Å²) in [7, 11) is 1.36. The number of aromatic nitrogens is 7. The summed E-state index contributed by atoms with van der Waals surface area (Å²) in [6, 6.07) is 12.2. The molecule has 0 saturated carbocycles. The highest BCUT2D eigenvalue weighted by Gasteiger charge is 2.18. The second-order valence-corrected chi connectivity index (χ2v) is 8.86. The van der Waals surface area contributed by atoms with Gasteiger partial charge in [0.25, 0.3) is 0 Å². The number of fused-ring (bicyclic) bond motifs is 1. The maximum atomic E-state index is 12.1. The molecule has 172 valence electrons. The standard InChI is InChI=1S/C24H23N7O2S/c1-4-5-19-26-20-14(2)12-18(24(32)33-3)25-23(20)31(19)13-15-6-8-16(9-7-15)17-10-11-34-21(17)22-27-29-30-28-22/h6-12H,4-5,13H2,1-3H3,(H,27,28,29,30). The number of methoxy groups -OCH3 is 1. The van der Waals surface area contributed by atoms with E-state index in [-0.39, 0.29) is 0 Å². The normalized spacial score (nSPS) is 11.3. The molecule has 1 N–H and O–H groups in total. The van der Waals surface area contributed by atoms with Gasteiger partial charge in [0, 0.05) is 12.0 Å². The summed E-state index contributed by atoms with van der Waals surface area (Å²) < 4.78 is 6.99. The summed E-state index contributed by atoms with van der Waals surface area (Å²) in [6.07, 6.45) is 1.78. The lowest BCUT2D eigenvalue weighted by Gasteiger charge is -2.10. The lowest BCUT2D eigenvalue weighted by molar-refractivity contribution is 0.0594. The number of thiophene rings is 1. The molecule has 4 aromatic heterocycles. The van der Waals surface area contributed by atoms with Crippen molar-refractivity contribution in [1.82, 2.24) is 35.2 Å². The van der Waals surface area contributed by atoms with Crippen molar-refractivity contribution in [2.45, 2.75) is 33.2 Å². The second-order valence-electron chi connectivity index (χ2n) is 7.95. The zero-order valence-corrected chi connectivity index (χ0v) is 19.9. The van der Waals surface area contributed by atoms with Gasteiger partial charge in [0.05, 0.1) is 18.5 Å². The van der Waals surface area contributed by atoms with Crippen molar-refractivity contribution in [3.63, 3.8) is 0 Å². The first-order chi connectivity index (χ1) is 16.6. The van der Waals surface area contributed by atoms with Crippen LogP contribution in [-0.4, -0.2) is 48.2 Å². The van der Waals surface area contributed by atoms with Crippen molar-refractivity contribution < 1.29 is 9.53 Å². The monoisotopic (exact) mass is 473 g/mol. The van der Waals surface area contributed by atoms with Crippen molar-refractivity contribution in [2.75, 3.05) is 7.11 Å². The Morgan fingerprint density at radius 3 is 2.71 bits per heavy atom. The minimum atomic E-state index is -0.452. The number of tetrazole rings is 1. The average Bonchev–Trinajstić information content (AvgIpc) is 3.60. The van der Waals surface area contributed by atoms with E-state index >= 15 is 0 Å². The van der Waals surface area contributed by atoms with Crippen molar-refractivity contribution in [2.24, 2.45) is 0 Å². The van der Waals surface area contributed by atoms with Gasteiger partial charge in [0.2, 0.25) is 5.82 Å². The molecule has 4 heterocycles. The quantitative estimate of drug-likeness (QED) is 0.348. The van der Waals surface area contributed by atoms with Crippen molar-refractivity contribution in [3.8, 4) is 21.8 Å². The fourth-order valence-electron chi connectivity index (χ4n) is 4.02. The van der Waals surface area contributed by atoms with Gasteiger partial charge >= 0.3 is 5.97 Å². The van der Waals surface area contributed by atoms with Crippen LogP contribution in [0.2, 0.25) is 0 Å². The van der Waals surface area contributed by atoms with Gasteiger partial charge in [-0.2, -0.15) is 5.21 Å². The van der Waals surface area contributed by atoms with Gasteiger partial charge < -0.3 is 9.30 Å². The molecule has 0 unspecified atom stereocenters. The van der Waals surface area contributed by atoms with E-state index in [1.54, 1.807) is 17.4 Å². The van der Waals surface area contributed by atoms with Crippen molar-refractivity contribution in [1.29, 1.82) is 0 Å². The number of nitrogens with zero attached hydrogens (tertiary/aromatic N) is 6. The van der Waals surface area contributed by atoms with Crippen LogP contribution in [0.15, 0.2) is 41.8 Å². The van der Waals surface area contributed by atoms with Crippen LogP contribution in [0.4, 0.5) is 0 Å². The number of carbonyl (C=O) groups excluding carboxylic acids is 1. The number of esters is 1. The van der Waals surface area contributed by atoms with E-state index in [0.717, 1.165) is 51.3 Å².